The molecule has 1 aliphatic carbocycles. The van der Waals surface area contributed by atoms with Crippen molar-refractivity contribution in [3.8, 4) is 0 Å². The molecule has 1 fully saturated rings. The Labute approximate surface area is 109 Å². The molecule has 0 amide bonds. The number of hydrogen-bond acceptors (Lipinski definition) is 5. The summed E-state index contributed by atoms with van der Waals surface area (Å²) in [6, 6.07) is -0.163. The summed E-state index contributed by atoms with van der Waals surface area (Å²) in [4.78, 5) is 6.73. The fourth-order valence-electron chi connectivity index (χ4n) is 2.27. The SMILES string of the molecule is CCN(CC)CC(N)c1noc(C2CC2(C)C)n1. The number of nitrogens with two attached hydrogens (primary N) is 1. The smallest absolute Gasteiger partial charge is 0.230 e. The molecule has 0 saturated heterocycles. The van der Waals surface area contributed by atoms with Crippen molar-refractivity contribution in [1.29, 1.82) is 0 Å². The van der Waals surface area contributed by atoms with E-state index in [1.165, 1.54) is 0 Å². The minimum absolute atomic E-state index is 0.163. The highest BCUT2D eigenvalue weighted by atomic mass is 16.5. The Morgan fingerprint density at radius 3 is 2.56 bits per heavy atom. The number of rotatable bonds is 6. The van der Waals surface area contributed by atoms with Crippen molar-refractivity contribution in [2.75, 3.05) is 19.6 Å². The average molecular weight is 252 g/mol. The second kappa shape index (κ2) is 4.97. The summed E-state index contributed by atoms with van der Waals surface area (Å²) in [6.07, 6.45) is 1.12. The molecule has 102 valence electrons. The van der Waals surface area contributed by atoms with Gasteiger partial charge in [-0.1, -0.05) is 32.9 Å². The van der Waals surface area contributed by atoms with Gasteiger partial charge in [-0.3, -0.25) is 0 Å². The Kier molecular flexibility index (Phi) is 3.73. The summed E-state index contributed by atoms with van der Waals surface area (Å²) in [5.41, 5.74) is 6.43. The van der Waals surface area contributed by atoms with Crippen LogP contribution in [0.5, 0.6) is 0 Å². The van der Waals surface area contributed by atoms with E-state index in [9.17, 15) is 0 Å². The van der Waals surface area contributed by atoms with Gasteiger partial charge in [0.05, 0.1) is 6.04 Å². The summed E-state index contributed by atoms with van der Waals surface area (Å²) in [5.74, 6) is 1.81. The third-order valence-electron chi connectivity index (χ3n) is 3.95. The molecule has 1 heterocycles. The molecule has 18 heavy (non-hydrogen) atoms. The standard InChI is InChI=1S/C13H24N4O/c1-5-17(6-2)8-10(14)11-15-12(18-16-11)9-7-13(9,3)4/h9-10H,5-8,14H2,1-4H3. The first kappa shape index (κ1) is 13.5. The van der Waals surface area contributed by atoms with Gasteiger partial charge in [-0.05, 0) is 24.9 Å². The third kappa shape index (κ3) is 2.72. The van der Waals surface area contributed by atoms with Crippen LogP contribution in [0.4, 0.5) is 0 Å². The largest absolute Gasteiger partial charge is 0.339 e. The second-order valence-corrected chi connectivity index (χ2v) is 5.83. The molecular formula is C13H24N4O. The zero-order valence-corrected chi connectivity index (χ0v) is 11.8. The molecule has 0 bridgehead atoms. The van der Waals surface area contributed by atoms with Gasteiger partial charge in [0, 0.05) is 12.5 Å². The van der Waals surface area contributed by atoms with Gasteiger partial charge >= 0.3 is 0 Å². The monoisotopic (exact) mass is 252 g/mol. The lowest BCUT2D eigenvalue weighted by molar-refractivity contribution is 0.277. The lowest BCUT2D eigenvalue weighted by Gasteiger charge is -2.20. The van der Waals surface area contributed by atoms with E-state index in [1.807, 2.05) is 0 Å². The third-order valence-corrected chi connectivity index (χ3v) is 3.95. The van der Waals surface area contributed by atoms with Crippen molar-refractivity contribution in [2.45, 2.75) is 46.1 Å². The van der Waals surface area contributed by atoms with Crippen LogP contribution < -0.4 is 5.73 Å². The van der Waals surface area contributed by atoms with Crippen LogP contribution in [0.15, 0.2) is 4.52 Å². The molecule has 0 aromatic carbocycles. The summed E-state index contributed by atoms with van der Waals surface area (Å²) in [5, 5.41) is 4.03. The lowest BCUT2D eigenvalue weighted by Crippen LogP contribution is -2.32. The fourth-order valence-corrected chi connectivity index (χ4v) is 2.27. The minimum atomic E-state index is -0.163. The van der Waals surface area contributed by atoms with E-state index in [0.717, 1.165) is 31.9 Å². The normalized spacial score (nSPS) is 23.3. The number of likely N-dealkylation sites (N-methyl/N-ethyl adjacent to an activating group) is 1. The van der Waals surface area contributed by atoms with Crippen LogP contribution in [0, 0.1) is 5.41 Å². The maximum absolute atomic E-state index is 6.12. The first-order chi connectivity index (χ1) is 8.47. The van der Waals surface area contributed by atoms with Crippen LogP contribution in [0.2, 0.25) is 0 Å². The number of nitrogens with zero attached hydrogens (tertiary/aromatic N) is 3. The molecule has 1 aromatic heterocycles. The maximum atomic E-state index is 6.12. The Bertz CT molecular complexity index is 397. The maximum Gasteiger partial charge on any atom is 0.230 e. The van der Waals surface area contributed by atoms with E-state index >= 15 is 0 Å². The average Bonchev–Trinajstić information content (AvgIpc) is 2.80. The van der Waals surface area contributed by atoms with Crippen LogP contribution in [0.3, 0.4) is 0 Å². The Morgan fingerprint density at radius 2 is 2.06 bits per heavy atom. The molecular weight excluding hydrogens is 228 g/mol. The number of hydrogen-bond donors (Lipinski definition) is 1. The first-order valence-corrected chi connectivity index (χ1v) is 6.79. The molecule has 2 atom stereocenters. The van der Waals surface area contributed by atoms with Crippen molar-refractivity contribution in [2.24, 2.45) is 11.1 Å². The molecule has 5 nitrogen and oxygen atoms in total. The van der Waals surface area contributed by atoms with Crippen molar-refractivity contribution in [3.63, 3.8) is 0 Å². The summed E-state index contributed by atoms with van der Waals surface area (Å²) < 4.78 is 5.33. The van der Waals surface area contributed by atoms with Crippen molar-refractivity contribution in [3.05, 3.63) is 11.7 Å². The van der Waals surface area contributed by atoms with Gasteiger partial charge in [-0.25, -0.2) is 0 Å². The molecule has 0 aliphatic heterocycles. The summed E-state index contributed by atoms with van der Waals surface area (Å²) in [7, 11) is 0. The fraction of sp³-hybridized carbons (Fsp3) is 0.846. The summed E-state index contributed by atoms with van der Waals surface area (Å²) in [6.45, 7) is 11.5. The van der Waals surface area contributed by atoms with E-state index in [1.54, 1.807) is 0 Å². The molecule has 1 saturated carbocycles. The molecule has 5 heteroatoms. The van der Waals surface area contributed by atoms with Gasteiger partial charge in [0.25, 0.3) is 0 Å². The van der Waals surface area contributed by atoms with E-state index in [-0.39, 0.29) is 6.04 Å². The van der Waals surface area contributed by atoms with E-state index in [2.05, 4.69) is 42.7 Å². The Morgan fingerprint density at radius 1 is 1.44 bits per heavy atom. The van der Waals surface area contributed by atoms with Crippen LogP contribution in [-0.4, -0.2) is 34.7 Å². The highest BCUT2D eigenvalue weighted by Crippen LogP contribution is 2.58. The van der Waals surface area contributed by atoms with Gasteiger partial charge in [-0.2, -0.15) is 4.98 Å². The topological polar surface area (TPSA) is 68.2 Å². The molecule has 2 N–H and O–H groups in total. The molecule has 0 spiro atoms. The highest BCUT2D eigenvalue weighted by molar-refractivity contribution is 5.13. The predicted molar refractivity (Wildman–Crippen MR) is 70.2 cm³/mol. The van der Waals surface area contributed by atoms with E-state index < -0.39 is 0 Å². The van der Waals surface area contributed by atoms with Crippen LogP contribution >= 0.6 is 0 Å². The zero-order chi connectivity index (χ0) is 13.3. The van der Waals surface area contributed by atoms with Gasteiger partial charge in [0.15, 0.2) is 5.82 Å². The molecule has 2 rings (SSSR count). The molecule has 1 aliphatic rings. The number of aromatic nitrogens is 2. The van der Waals surface area contributed by atoms with Crippen LogP contribution in [0.1, 0.15) is 57.8 Å². The predicted octanol–water partition coefficient (Wildman–Crippen LogP) is 1.92. The van der Waals surface area contributed by atoms with Gasteiger partial charge < -0.3 is 15.2 Å². The van der Waals surface area contributed by atoms with Crippen molar-refractivity contribution in [1.82, 2.24) is 15.0 Å². The second-order valence-electron chi connectivity index (χ2n) is 5.83. The van der Waals surface area contributed by atoms with Gasteiger partial charge in [0.1, 0.15) is 0 Å². The van der Waals surface area contributed by atoms with Crippen LogP contribution in [0.25, 0.3) is 0 Å². The van der Waals surface area contributed by atoms with E-state index in [4.69, 9.17) is 10.3 Å². The molecule has 1 aromatic rings. The molecule has 0 radical (unpaired) electrons. The Balaban J connectivity index is 1.97. The highest BCUT2D eigenvalue weighted by Gasteiger charge is 2.50. The minimum Gasteiger partial charge on any atom is -0.339 e. The van der Waals surface area contributed by atoms with Crippen molar-refractivity contribution >= 4 is 0 Å². The lowest BCUT2D eigenvalue weighted by atomic mass is 10.1. The summed E-state index contributed by atoms with van der Waals surface area (Å²) >= 11 is 0. The Hall–Kier alpha value is -0.940. The molecule has 2 unspecified atom stereocenters. The quantitative estimate of drug-likeness (QED) is 0.837. The van der Waals surface area contributed by atoms with Crippen molar-refractivity contribution < 1.29 is 4.52 Å². The zero-order valence-electron chi connectivity index (χ0n) is 11.8. The van der Waals surface area contributed by atoms with Gasteiger partial charge in [-0.15, -0.1) is 0 Å². The first-order valence-electron chi connectivity index (χ1n) is 6.79. The van der Waals surface area contributed by atoms with E-state index in [0.29, 0.717) is 17.2 Å². The van der Waals surface area contributed by atoms with Crippen LogP contribution in [-0.2, 0) is 0 Å². The van der Waals surface area contributed by atoms with Gasteiger partial charge in [0.2, 0.25) is 5.89 Å².